The molecule has 2 aromatic carbocycles. The number of fused-ring (bicyclic) bond motifs is 1. The Balaban J connectivity index is 1.49. The lowest BCUT2D eigenvalue weighted by Gasteiger charge is -2.42. The van der Waals surface area contributed by atoms with Crippen molar-refractivity contribution >= 4 is 16.8 Å². The van der Waals surface area contributed by atoms with Crippen molar-refractivity contribution in [1.29, 1.82) is 0 Å². The maximum absolute atomic E-state index is 12.6. The van der Waals surface area contributed by atoms with Crippen LogP contribution in [0.1, 0.15) is 19.8 Å². The van der Waals surface area contributed by atoms with Gasteiger partial charge in [-0.2, -0.15) is 5.10 Å². The van der Waals surface area contributed by atoms with Crippen LogP contribution < -0.4 is 4.74 Å². The molecular formula is C25H30N4O3. The number of likely N-dealkylation sites (N-methyl/N-ethyl adjacent to an activating group) is 1. The van der Waals surface area contributed by atoms with Gasteiger partial charge in [0.15, 0.2) is 0 Å². The lowest BCUT2D eigenvalue weighted by atomic mass is 9.87. The average Bonchev–Trinajstić information content (AvgIpc) is 3.21. The predicted octanol–water partition coefficient (Wildman–Crippen LogP) is 3.81. The smallest absolute Gasteiger partial charge is 0.246 e. The van der Waals surface area contributed by atoms with Crippen molar-refractivity contribution in [3.05, 3.63) is 54.7 Å². The highest BCUT2D eigenvalue weighted by Gasteiger charge is 2.37. The molecule has 0 bridgehead atoms. The lowest BCUT2D eigenvalue weighted by Crippen LogP contribution is -2.52. The molecule has 32 heavy (non-hydrogen) atoms. The molecule has 1 aromatic heterocycles. The number of carbonyl (C=O) groups excluding carboxylic acids is 1. The van der Waals surface area contributed by atoms with Crippen molar-refractivity contribution in [3.8, 4) is 22.6 Å². The zero-order chi connectivity index (χ0) is 22.7. The number of carbonyl (C=O) groups is 1. The Labute approximate surface area is 188 Å². The Morgan fingerprint density at radius 2 is 1.94 bits per heavy atom. The number of H-pyrrole nitrogens is 1. The molecule has 7 nitrogen and oxygen atoms in total. The summed E-state index contributed by atoms with van der Waals surface area (Å²) in [6.07, 6.45) is 6.87. The van der Waals surface area contributed by atoms with E-state index in [-0.39, 0.29) is 23.8 Å². The van der Waals surface area contributed by atoms with Crippen LogP contribution in [0.2, 0.25) is 0 Å². The molecule has 0 spiro atoms. The first-order chi connectivity index (χ1) is 15.4. The zero-order valence-corrected chi connectivity index (χ0v) is 18.8. The first kappa shape index (κ1) is 21.9. The molecule has 7 heteroatoms. The van der Waals surface area contributed by atoms with Gasteiger partial charge in [-0.1, -0.05) is 18.2 Å². The van der Waals surface area contributed by atoms with Gasteiger partial charge in [-0.3, -0.25) is 9.89 Å². The number of phenolic OH excluding ortho intramolecular Hbond substituents is 1. The molecule has 0 atom stereocenters. The molecule has 0 aliphatic heterocycles. The molecular weight excluding hydrogens is 404 g/mol. The quantitative estimate of drug-likeness (QED) is 0.527. The van der Waals surface area contributed by atoms with E-state index < -0.39 is 0 Å². The summed E-state index contributed by atoms with van der Waals surface area (Å²) in [4.78, 5) is 16.6. The molecule has 0 unspecified atom stereocenters. The molecule has 1 heterocycles. The van der Waals surface area contributed by atoms with Crippen LogP contribution >= 0.6 is 0 Å². The predicted molar refractivity (Wildman–Crippen MR) is 126 cm³/mol. The summed E-state index contributed by atoms with van der Waals surface area (Å²) in [5.74, 6) is 1.08. The molecule has 1 amide bonds. The molecule has 0 saturated heterocycles. The molecule has 3 aromatic rings. The SMILES string of the molecule is C/C=C/C(=O)N(CCN(C)C)[C@H]1C[C@H](Oc2cc(-c3ccc(O)cc3)cc3[nH]ncc23)C1. The van der Waals surface area contributed by atoms with Crippen LogP contribution in [0.3, 0.4) is 0 Å². The molecule has 1 aliphatic rings. The number of aromatic hydroxyl groups is 1. The Morgan fingerprint density at radius 1 is 1.19 bits per heavy atom. The second kappa shape index (κ2) is 9.44. The number of hydrogen-bond acceptors (Lipinski definition) is 5. The lowest BCUT2D eigenvalue weighted by molar-refractivity contribution is -0.132. The number of amides is 1. The minimum absolute atomic E-state index is 0.0495. The highest BCUT2D eigenvalue weighted by Crippen LogP contribution is 2.36. The van der Waals surface area contributed by atoms with Gasteiger partial charge in [0.2, 0.25) is 5.91 Å². The summed E-state index contributed by atoms with van der Waals surface area (Å²) < 4.78 is 6.38. The van der Waals surface area contributed by atoms with E-state index in [1.807, 2.05) is 50.2 Å². The maximum atomic E-state index is 12.6. The monoisotopic (exact) mass is 434 g/mol. The Kier molecular flexibility index (Phi) is 6.46. The van der Waals surface area contributed by atoms with Crippen LogP contribution in [0, 0.1) is 0 Å². The molecule has 168 valence electrons. The van der Waals surface area contributed by atoms with Gasteiger partial charge in [-0.25, -0.2) is 0 Å². The van der Waals surface area contributed by atoms with E-state index in [2.05, 4.69) is 15.1 Å². The van der Waals surface area contributed by atoms with Gasteiger partial charge < -0.3 is 19.6 Å². The topological polar surface area (TPSA) is 81.7 Å². The summed E-state index contributed by atoms with van der Waals surface area (Å²) in [7, 11) is 4.03. The van der Waals surface area contributed by atoms with Crippen LogP contribution in [-0.4, -0.2) is 70.3 Å². The van der Waals surface area contributed by atoms with Gasteiger partial charge in [-0.05, 0) is 62.5 Å². The fraction of sp³-hybridized carbons (Fsp3) is 0.360. The van der Waals surface area contributed by atoms with Gasteiger partial charge >= 0.3 is 0 Å². The number of allylic oxidation sites excluding steroid dienone is 1. The largest absolute Gasteiger partial charge is 0.508 e. The van der Waals surface area contributed by atoms with Gasteiger partial charge in [-0.15, -0.1) is 0 Å². The third-order valence-corrected chi connectivity index (χ3v) is 5.91. The van der Waals surface area contributed by atoms with Crippen LogP contribution in [0.4, 0.5) is 0 Å². The number of rotatable bonds is 8. The number of aromatic amines is 1. The van der Waals surface area contributed by atoms with Crippen molar-refractivity contribution in [2.75, 3.05) is 27.2 Å². The highest BCUT2D eigenvalue weighted by atomic mass is 16.5. The third kappa shape index (κ3) is 4.78. The van der Waals surface area contributed by atoms with Crippen LogP contribution in [-0.2, 0) is 4.79 Å². The van der Waals surface area contributed by atoms with Gasteiger partial charge in [0, 0.05) is 32.0 Å². The number of phenols is 1. The van der Waals surface area contributed by atoms with Gasteiger partial charge in [0.25, 0.3) is 0 Å². The summed E-state index contributed by atoms with van der Waals surface area (Å²) >= 11 is 0. The number of aromatic nitrogens is 2. The van der Waals surface area contributed by atoms with Crippen LogP contribution in [0.25, 0.3) is 22.0 Å². The van der Waals surface area contributed by atoms with E-state index in [1.54, 1.807) is 30.5 Å². The Morgan fingerprint density at radius 3 is 2.62 bits per heavy atom. The zero-order valence-electron chi connectivity index (χ0n) is 18.8. The van der Waals surface area contributed by atoms with Crippen LogP contribution in [0.15, 0.2) is 54.7 Å². The summed E-state index contributed by atoms with van der Waals surface area (Å²) in [6, 6.07) is 11.3. The fourth-order valence-electron chi connectivity index (χ4n) is 4.02. The van der Waals surface area contributed by atoms with Crippen molar-refractivity contribution in [3.63, 3.8) is 0 Å². The minimum atomic E-state index is 0.0495. The normalized spacial score (nSPS) is 18.2. The van der Waals surface area contributed by atoms with E-state index in [9.17, 15) is 9.90 Å². The average molecular weight is 435 g/mol. The van der Waals surface area contributed by atoms with Crippen molar-refractivity contribution in [2.24, 2.45) is 0 Å². The van der Waals surface area contributed by atoms with Crippen molar-refractivity contribution in [1.82, 2.24) is 20.0 Å². The summed E-state index contributed by atoms with van der Waals surface area (Å²) in [5, 5.41) is 17.7. The molecule has 4 rings (SSSR count). The van der Waals surface area contributed by atoms with Gasteiger partial charge in [0.05, 0.1) is 17.1 Å². The maximum Gasteiger partial charge on any atom is 0.246 e. The number of benzene rings is 2. The second-order valence-electron chi connectivity index (χ2n) is 8.55. The third-order valence-electron chi connectivity index (χ3n) is 5.91. The molecule has 1 aliphatic carbocycles. The summed E-state index contributed by atoms with van der Waals surface area (Å²) in [6.45, 7) is 3.40. The van der Waals surface area contributed by atoms with E-state index >= 15 is 0 Å². The van der Waals surface area contributed by atoms with Crippen molar-refractivity contribution < 1.29 is 14.6 Å². The molecule has 1 fully saturated rings. The molecule has 0 radical (unpaired) electrons. The van der Waals surface area contributed by atoms with Gasteiger partial charge in [0.1, 0.15) is 17.6 Å². The standard InChI is InChI=1S/C25H30N4O3/c1-4-5-25(31)29(11-10-28(2)3)19-14-21(15-19)32-24-13-18(12-23-22(24)16-26-27-23)17-6-8-20(30)9-7-17/h4-9,12-13,16,19,21,30H,10-11,14-15H2,1-3H3,(H,26,27)/b5-4+/t19-,21-. The number of nitrogens with one attached hydrogen (secondary N) is 1. The molecule has 2 N–H and O–H groups in total. The van der Waals surface area contributed by atoms with E-state index in [4.69, 9.17) is 4.74 Å². The minimum Gasteiger partial charge on any atom is -0.508 e. The number of ether oxygens (including phenoxy) is 1. The Hall–Kier alpha value is -3.32. The highest BCUT2D eigenvalue weighted by molar-refractivity contribution is 5.90. The first-order valence-corrected chi connectivity index (χ1v) is 11.0. The number of hydrogen-bond donors (Lipinski definition) is 2. The molecule has 1 saturated carbocycles. The van der Waals surface area contributed by atoms with E-state index in [0.717, 1.165) is 47.2 Å². The number of nitrogens with zero attached hydrogens (tertiary/aromatic N) is 3. The van der Waals surface area contributed by atoms with E-state index in [1.165, 1.54) is 0 Å². The summed E-state index contributed by atoms with van der Waals surface area (Å²) in [5.41, 5.74) is 2.88. The fourth-order valence-corrected chi connectivity index (χ4v) is 4.02. The van der Waals surface area contributed by atoms with Crippen molar-refractivity contribution in [2.45, 2.75) is 31.9 Å². The first-order valence-electron chi connectivity index (χ1n) is 11.0. The van der Waals surface area contributed by atoms with E-state index in [0.29, 0.717) is 6.54 Å². The Bertz CT molecular complexity index is 1100. The van der Waals surface area contributed by atoms with Crippen LogP contribution in [0.5, 0.6) is 11.5 Å². The second-order valence-corrected chi connectivity index (χ2v) is 8.55.